The molecule has 1 heteroatoms. The van der Waals surface area contributed by atoms with Gasteiger partial charge in [0.15, 0.2) is 5.78 Å². The Morgan fingerprint density at radius 3 is 2.64 bits per heavy atom. The van der Waals surface area contributed by atoms with Crippen LogP contribution >= 0.6 is 0 Å². The lowest BCUT2D eigenvalue weighted by atomic mass is 10.1. The van der Waals surface area contributed by atoms with Crippen LogP contribution in [0.2, 0.25) is 0 Å². The Morgan fingerprint density at radius 1 is 1.29 bits per heavy atom. The van der Waals surface area contributed by atoms with E-state index in [4.69, 9.17) is 0 Å². The molecule has 1 nitrogen and oxygen atoms in total. The molecule has 0 saturated heterocycles. The zero-order valence-electron chi connectivity index (χ0n) is 8.15. The Labute approximate surface area is 84.8 Å². The molecule has 72 valence electrons. The minimum absolute atomic E-state index is 0.0296. The van der Waals surface area contributed by atoms with Gasteiger partial charge in [0.2, 0.25) is 0 Å². The van der Waals surface area contributed by atoms with Gasteiger partial charge in [-0.2, -0.15) is 0 Å². The second kappa shape index (κ2) is 5.92. The van der Waals surface area contributed by atoms with Crippen LogP contribution in [0.1, 0.15) is 12.0 Å². The van der Waals surface area contributed by atoms with Crippen molar-refractivity contribution in [1.29, 1.82) is 0 Å². The fourth-order valence-corrected chi connectivity index (χ4v) is 1.16. The number of carbonyl (C=O) groups excluding carboxylic acids is 1. The lowest BCUT2D eigenvalue weighted by molar-refractivity contribution is -0.110. The summed E-state index contributed by atoms with van der Waals surface area (Å²) in [6.45, 7) is 3.40. The third-order valence-electron chi connectivity index (χ3n) is 1.93. The number of rotatable bonds is 5. The first-order chi connectivity index (χ1) is 6.83. The minimum Gasteiger partial charge on any atom is -0.290 e. The number of allylic oxidation sites excluding steroid dienone is 3. The van der Waals surface area contributed by atoms with Gasteiger partial charge in [0.25, 0.3) is 0 Å². The van der Waals surface area contributed by atoms with Gasteiger partial charge in [-0.05, 0) is 30.6 Å². The van der Waals surface area contributed by atoms with Crippen LogP contribution < -0.4 is 0 Å². The molecule has 0 aliphatic heterocycles. The Hall–Kier alpha value is -1.63. The Bertz CT molecular complexity index is 322. The molecule has 1 aromatic carbocycles. The molecule has 0 saturated carbocycles. The van der Waals surface area contributed by atoms with E-state index in [1.54, 1.807) is 6.08 Å². The van der Waals surface area contributed by atoms with Crippen LogP contribution in [-0.4, -0.2) is 5.78 Å². The topological polar surface area (TPSA) is 17.1 Å². The molecule has 0 radical (unpaired) electrons. The maximum absolute atomic E-state index is 10.8. The van der Waals surface area contributed by atoms with Crippen LogP contribution in [-0.2, 0) is 11.2 Å². The first-order valence-corrected chi connectivity index (χ1v) is 4.70. The summed E-state index contributed by atoms with van der Waals surface area (Å²) in [4.78, 5) is 10.8. The molecule has 0 aliphatic rings. The molecule has 1 aromatic rings. The summed E-state index contributed by atoms with van der Waals surface area (Å²) in [7, 11) is 0. The van der Waals surface area contributed by atoms with Crippen molar-refractivity contribution >= 4 is 5.78 Å². The number of aryl methyl sites for hydroxylation is 1. The summed E-state index contributed by atoms with van der Waals surface area (Å²) >= 11 is 0. The van der Waals surface area contributed by atoms with Gasteiger partial charge in [-0.25, -0.2) is 0 Å². The van der Waals surface area contributed by atoms with Gasteiger partial charge in [0, 0.05) is 0 Å². The molecule has 14 heavy (non-hydrogen) atoms. The van der Waals surface area contributed by atoms with E-state index >= 15 is 0 Å². The van der Waals surface area contributed by atoms with Crippen molar-refractivity contribution in [1.82, 2.24) is 0 Å². The molecule has 0 bridgehead atoms. The molecule has 0 heterocycles. The summed E-state index contributed by atoms with van der Waals surface area (Å²) in [5.41, 5.74) is 1.29. The standard InChI is InChI=1S/C13H14O/c1-2-13(14)11-7-6-10-12-8-4-3-5-9-12/h2-5,7-9,11H,1,6,10H2/b11-7+. The number of hydrogen-bond donors (Lipinski definition) is 0. The molecule has 0 aromatic heterocycles. The van der Waals surface area contributed by atoms with Crippen molar-refractivity contribution in [2.75, 3.05) is 0 Å². The van der Waals surface area contributed by atoms with Gasteiger partial charge in [-0.15, -0.1) is 0 Å². The molecule has 0 atom stereocenters. The number of benzene rings is 1. The SMILES string of the molecule is C=CC(=O)/C=C/CCc1ccccc1. The zero-order valence-corrected chi connectivity index (χ0v) is 8.15. The lowest BCUT2D eigenvalue weighted by Gasteiger charge is -1.95. The predicted molar refractivity (Wildman–Crippen MR) is 59.1 cm³/mol. The van der Waals surface area contributed by atoms with E-state index in [-0.39, 0.29) is 5.78 Å². The molecule has 0 spiro atoms. The number of ketones is 1. The van der Waals surface area contributed by atoms with Crippen LogP contribution in [0, 0.1) is 0 Å². The highest BCUT2D eigenvalue weighted by Gasteiger charge is 1.89. The molecule has 0 N–H and O–H groups in total. The normalized spacial score (nSPS) is 10.3. The fourth-order valence-electron chi connectivity index (χ4n) is 1.16. The van der Waals surface area contributed by atoms with Gasteiger partial charge >= 0.3 is 0 Å². The summed E-state index contributed by atoms with van der Waals surface area (Å²) in [6.07, 6.45) is 6.64. The van der Waals surface area contributed by atoms with Crippen LogP contribution in [0.3, 0.4) is 0 Å². The van der Waals surface area contributed by atoms with Crippen molar-refractivity contribution in [2.24, 2.45) is 0 Å². The third-order valence-corrected chi connectivity index (χ3v) is 1.93. The van der Waals surface area contributed by atoms with E-state index in [0.29, 0.717) is 0 Å². The molecule has 0 fully saturated rings. The van der Waals surface area contributed by atoms with E-state index in [1.165, 1.54) is 11.6 Å². The zero-order chi connectivity index (χ0) is 10.2. The van der Waals surface area contributed by atoms with E-state index in [1.807, 2.05) is 24.3 Å². The van der Waals surface area contributed by atoms with E-state index < -0.39 is 0 Å². The highest BCUT2D eigenvalue weighted by atomic mass is 16.1. The first kappa shape index (κ1) is 10.5. The van der Waals surface area contributed by atoms with Crippen molar-refractivity contribution in [2.45, 2.75) is 12.8 Å². The predicted octanol–water partition coefficient (Wildman–Crippen LogP) is 2.93. The summed E-state index contributed by atoms with van der Waals surface area (Å²) < 4.78 is 0. The average molecular weight is 186 g/mol. The summed E-state index contributed by atoms with van der Waals surface area (Å²) in [5, 5.41) is 0. The quantitative estimate of drug-likeness (QED) is 0.646. The van der Waals surface area contributed by atoms with Crippen LogP contribution in [0.4, 0.5) is 0 Å². The van der Waals surface area contributed by atoms with Crippen molar-refractivity contribution in [3.63, 3.8) is 0 Å². The smallest absolute Gasteiger partial charge is 0.177 e. The monoisotopic (exact) mass is 186 g/mol. The van der Waals surface area contributed by atoms with E-state index in [2.05, 4.69) is 18.7 Å². The van der Waals surface area contributed by atoms with E-state index in [9.17, 15) is 4.79 Å². The van der Waals surface area contributed by atoms with Crippen molar-refractivity contribution in [3.05, 3.63) is 60.7 Å². The summed E-state index contributed by atoms with van der Waals surface area (Å²) in [6, 6.07) is 10.2. The molecule has 1 rings (SSSR count). The maximum Gasteiger partial charge on any atom is 0.177 e. The second-order valence-electron chi connectivity index (χ2n) is 3.03. The number of carbonyl (C=O) groups is 1. The van der Waals surface area contributed by atoms with Crippen molar-refractivity contribution in [3.8, 4) is 0 Å². The summed E-state index contributed by atoms with van der Waals surface area (Å²) in [5.74, 6) is -0.0296. The fraction of sp³-hybridized carbons (Fsp3) is 0.154. The Balaban J connectivity index is 2.32. The van der Waals surface area contributed by atoms with Gasteiger partial charge in [-0.1, -0.05) is 43.0 Å². The van der Waals surface area contributed by atoms with Crippen LogP contribution in [0.15, 0.2) is 55.1 Å². The number of hydrogen-bond acceptors (Lipinski definition) is 1. The van der Waals surface area contributed by atoms with E-state index in [0.717, 1.165) is 12.8 Å². The minimum atomic E-state index is -0.0296. The molecule has 0 amide bonds. The van der Waals surface area contributed by atoms with Crippen molar-refractivity contribution < 1.29 is 4.79 Å². The first-order valence-electron chi connectivity index (χ1n) is 4.70. The Morgan fingerprint density at radius 2 is 2.00 bits per heavy atom. The van der Waals surface area contributed by atoms with Gasteiger partial charge in [0.1, 0.15) is 0 Å². The molecule has 0 unspecified atom stereocenters. The van der Waals surface area contributed by atoms with Gasteiger partial charge in [0.05, 0.1) is 0 Å². The highest BCUT2D eigenvalue weighted by Crippen LogP contribution is 2.02. The average Bonchev–Trinajstić information content (AvgIpc) is 2.25. The van der Waals surface area contributed by atoms with Crippen LogP contribution in [0.25, 0.3) is 0 Å². The van der Waals surface area contributed by atoms with Gasteiger partial charge in [-0.3, -0.25) is 4.79 Å². The highest BCUT2D eigenvalue weighted by molar-refractivity contribution is 5.98. The van der Waals surface area contributed by atoms with Crippen LogP contribution in [0.5, 0.6) is 0 Å². The third kappa shape index (κ3) is 3.85. The molecular formula is C13H14O. The second-order valence-corrected chi connectivity index (χ2v) is 3.03. The largest absolute Gasteiger partial charge is 0.290 e. The molecular weight excluding hydrogens is 172 g/mol. The van der Waals surface area contributed by atoms with Gasteiger partial charge < -0.3 is 0 Å². The molecule has 0 aliphatic carbocycles. The lowest BCUT2D eigenvalue weighted by Crippen LogP contribution is -1.85. The maximum atomic E-state index is 10.8. The Kier molecular flexibility index (Phi) is 4.42.